The molecule has 0 fully saturated rings. The molecule has 0 aliphatic carbocycles. The number of benzene rings is 1. The summed E-state index contributed by atoms with van der Waals surface area (Å²) in [5, 5.41) is 19.8. The number of hydrogen-bond donors (Lipinski definition) is 3. The quantitative estimate of drug-likeness (QED) is 0.542. The molecule has 0 spiro atoms. The molecule has 3 rings (SSSR count). The predicted octanol–water partition coefficient (Wildman–Crippen LogP) is 1.52. The topological polar surface area (TPSA) is 121 Å². The van der Waals surface area contributed by atoms with E-state index in [0.717, 1.165) is 16.2 Å². The molecule has 0 saturated carbocycles. The smallest absolute Gasteiger partial charge is 0.413 e. The number of carbonyl (C=O) groups excluding carboxylic acids is 1. The molecule has 0 radical (unpaired) electrons. The number of ether oxygens (including phenoxy) is 2. The minimum absolute atomic E-state index is 0.0306. The van der Waals surface area contributed by atoms with Gasteiger partial charge in [-0.05, 0) is 12.1 Å². The third kappa shape index (κ3) is 3.98. The number of hydrogen-bond acceptors (Lipinski definition) is 7. The van der Waals surface area contributed by atoms with Crippen molar-refractivity contribution in [2.24, 2.45) is 0 Å². The van der Waals surface area contributed by atoms with Crippen LogP contribution < -0.4 is 19.9 Å². The van der Waals surface area contributed by atoms with Gasteiger partial charge in [0.15, 0.2) is 22.7 Å². The third-order valence-corrected chi connectivity index (χ3v) is 4.33. The van der Waals surface area contributed by atoms with Crippen molar-refractivity contribution in [3.05, 3.63) is 35.3 Å². The van der Waals surface area contributed by atoms with Gasteiger partial charge in [0, 0.05) is 5.38 Å². The monoisotopic (exact) mass is 365 g/mol. The summed E-state index contributed by atoms with van der Waals surface area (Å²) in [7, 11) is 0. The molecule has 132 valence electrons. The van der Waals surface area contributed by atoms with Gasteiger partial charge in [0.05, 0.1) is 18.7 Å². The molecule has 3 N–H and O–H groups in total. The fourth-order valence-electron chi connectivity index (χ4n) is 2.30. The molecule has 1 aliphatic rings. The molecular formula is C15H15N3O6S. The Morgan fingerprint density at radius 3 is 2.84 bits per heavy atom. The maximum atomic E-state index is 11.6. The number of amides is 2. The number of thiazole rings is 1. The van der Waals surface area contributed by atoms with Crippen LogP contribution in [0.3, 0.4) is 0 Å². The van der Waals surface area contributed by atoms with E-state index in [0.29, 0.717) is 17.2 Å². The van der Waals surface area contributed by atoms with Crippen molar-refractivity contribution in [1.29, 1.82) is 0 Å². The fraction of sp³-hybridized carbons (Fsp3) is 0.267. The van der Waals surface area contributed by atoms with Crippen molar-refractivity contribution in [2.75, 3.05) is 18.1 Å². The highest BCUT2D eigenvalue weighted by molar-refractivity contribution is 7.14. The van der Waals surface area contributed by atoms with E-state index in [-0.39, 0.29) is 24.7 Å². The van der Waals surface area contributed by atoms with E-state index in [4.69, 9.17) is 14.7 Å². The SMILES string of the molecule is O=C(Cc1csc(N(CC2COc3ccccc3O2)C(=O)O)n1)NO. The number of aromatic nitrogens is 1. The lowest BCUT2D eigenvalue weighted by atomic mass is 10.2. The van der Waals surface area contributed by atoms with Crippen LogP contribution in [0.25, 0.3) is 0 Å². The summed E-state index contributed by atoms with van der Waals surface area (Å²) in [6.45, 7) is 0.245. The Kier molecular flexibility index (Phi) is 5.00. The molecule has 1 aromatic heterocycles. The van der Waals surface area contributed by atoms with Crippen LogP contribution in [-0.4, -0.2) is 46.6 Å². The van der Waals surface area contributed by atoms with Crippen molar-refractivity contribution in [1.82, 2.24) is 10.5 Å². The van der Waals surface area contributed by atoms with Crippen LogP contribution in [0.5, 0.6) is 11.5 Å². The average Bonchev–Trinajstić information content (AvgIpc) is 3.07. The Morgan fingerprint density at radius 2 is 2.12 bits per heavy atom. The first kappa shape index (κ1) is 17.0. The van der Waals surface area contributed by atoms with E-state index in [9.17, 15) is 14.7 Å². The minimum atomic E-state index is -1.19. The summed E-state index contributed by atoms with van der Waals surface area (Å²) in [6, 6.07) is 7.16. The molecular weight excluding hydrogens is 350 g/mol. The van der Waals surface area contributed by atoms with E-state index < -0.39 is 18.1 Å². The molecule has 9 nitrogen and oxygen atoms in total. The minimum Gasteiger partial charge on any atom is -0.486 e. The molecule has 0 bridgehead atoms. The highest BCUT2D eigenvalue weighted by Crippen LogP contribution is 2.31. The van der Waals surface area contributed by atoms with Gasteiger partial charge in [-0.15, -0.1) is 11.3 Å². The van der Waals surface area contributed by atoms with Crippen LogP contribution in [0.15, 0.2) is 29.6 Å². The average molecular weight is 365 g/mol. The Morgan fingerprint density at radius 1 is 1.36 bits per heavy atom. The van der Waals surface area contributed by atoms with E-state index in [1.54, 1.807) is 23.6 Å². The molecule has 1 unspecified atom stereocenters. The number of nitrogens with one attached hydrogen (secondary N) is 1. The molecule has 1 atom stereocenters. The number of para-hydroxylation sites is 2. The maximum Gasteiger partial charge on any atom is 0.413 e. The number of carboxylic acid groups (broad SMARTS) is 1. The number of carbonyl (C=O) groups is 2. The van der Waals surface area contributed by atoms with Crippen molar-refractivity contribution in [3.63, 3.8) is 0 Å². The molecule has 10 heteroatoms. The fourth-order valence-corrected chi connectivity index (χ4v) is 3.13. The van der Waals surface area contributed by atoms with Gasteiger partial charge in [0.2, 0.25) is 5.91 Å². The lowest BCUT2D eigenvalue weighted by molar-refractivity contribution is -0.128. The summed E-state index contributed by atoms with van der Waals surface area (Å²) in [5.74, 6) is 0.551. The van der Waals surface area contributed by atoms with E-state index in [2.05, 4.69) is 4.98 Å². The Hall–Kier alpha value is -2.85. The zero-order valence-corrected chi connectivity index (χ0v) is 13.7. The lowest BCUT2D eigenvalue weighted by Gasteiger charge is -2.29. The normalized spacial score (nSPS) is 15.5. The zero-order valence-electron chi connectivity index (χ0n) is 12.9. The molecule has 2 heterocycles. The van der Waals surface area contributed by atoms with Crippen molar-refractivity contribution < 1.29 is 29.4 Å². The Labute approximate surface area is 146 Å². The Balaban J connectivity index is 1.70. The van der Waals surface area contributed by atoms with Gasteiger partial charge < -0.3 is 14.6 Å². The van der Waals surface area contributed by atoms with E-state index >= 15 is 0 Å². The first-order valence-electron chi connectivity index (χ1n) is 7.33. The summed E-state index contributed by atoms with van der Waals surface area (Å²) in [4.78, 5) is 27.9. The van der Waals surface area contributed by atoms with Crippen LogP contribution in [0.1, 0.15) is 5.69 Å². The number of hydroxylamine groups is 1. The summed E-state index contributed by atoms with van der Waals surface area (Å²) >= 11 is 1.09. The third-order valence-electron chi connectivity index (χ3n) is 3.42. The van der Waals surface area contributed by atoms with Crippen LogP contribution in [-0.2, 0) is 11.2 Å². The predicted molar refractivity (Wildman–Crippen MR) is 87.5 cm³/mol. The molecule has 0 saturated heterocycles. The first-order valence-corrected chi connectivity index (χ1v) is 8.21. The second-order valence-electron chi connectivity index (χ2n) is 5.22. The maximum absolute atomic E-state index is 11.6. The molecule has 1 aromatic carbocycles. The lowest BCUT2D eigenvalue weighted by Crippen LogP contribution is -2.43. The molecule has 1 aliphatic heterocycles. The van der Waals surface area contributed by atoms with Gasteiger partial charge in [0.25, 0.3) is 0 Å². The summed E-state index contributed by atoms with van der Waals surface area (Å²) in [5.41, 5.74) is 1.87. The van der Waals surface area contributed by atoms with Gasteiger partial charge in [0.1, 0.15) is 6.61 Å². The number of fused-ring (bicyclic) bond motifs is 1. The molecule has 2 aromatic rings. The second-order valence-corrected chi connectivity index (χ2v) is 6.06. The van der Waals surface area contributed by atoms with Gasteiger partial charge in [-0.25, -0.2) is 20.2 Å². The number of nitrogens with zero attached hydrogens (tertiary/aromatic N) is 2. The number of rotatable bonds is 5. The van der Waals surface area contributed by atoms with Crippen LogP contribution in [0.4, 0.5) is 9.93 Å². The van der Waals surface area contributed by atoms with Gasteiger partial charge in [-0.3, -0.25) is 10.0 Å². The van der Waals surface area contributed by atoms with Gasteiger partial charge in [-0.1, -0.05) is 12.1 Å². The highest BCUT2D eigenvalue weighted by atomic mass is 32.1. The van der Waals surface area contributed by atoms with E-state index in [1.807, 2.05) is 6.07 Å². The van der Waals surface area contributed by atoms with Crippen molar-refractivity contribution >= 4 is 28.5 Å². The summed E-state index contributed by atoms with van der Waals surface area (Å²) in [6.07, 6.45) is -1.81. The van der Waals surface area contributed by atoms with Crippen molar-refractivity contribution in [3.8, 4) is 11.5 Å². The largest absolute Gasteiger partial charge is 0.486 e. The van der Waals surface area contributed by atoms with Crippen LogP contribution in [0.2, 0.25) is 0 Å². The standard InChI is InChI=1S/C15H15N3O6S/c19-13(17-22)5-9-8-25-14(16-9)18(15(20)21)6-10-7-23-11-3-1-2-4-12(11)24-10/h1-4,8,10,22H,5-7H2,(H,17,19)(H,20,21). The summed E-state index contributed by atoms with van der Waals surface area (Å²) < 4.78 is 11.4. The Bertz CT molecular complexity index is 780. The molecule has 2 amide bonds. The van der Waals surface area contributed by atoms with E-state index in [1.165, 1.54) is 5.48 Å². The van der Waals surface area contributed by atoms with Gasteiger partial charge in [-0.2, -0.15) is 0 Å². The number of anilines is 1. The van der Waals surface area contributed by atoms with Gasteiger partial charge >= 0.3 is 6.09 Å². The highest BCUT2D eigenvalue weighted by Gasteiger charge is 2.28. The first-order chi connectivity index (χ1) is 12.1. The molecule has 25 heavy (non-hydrogen) atoms. The second kappa shape index (κ2) is 7.36. The van der Waals surface area contributed by atoms with Crippen LogP contribution in [0, 0.1) is 0 Å². The van der Waals surface area contributed by atoms with Crippen molar-refractivity contribution in [2.45, 2.75) is 12.5 Å². The van der Waals surface area contributed by atoms with Crippen LogP contribution >= 0.6 is 11.3 Å². The zero-order chi connectivity index (χ0) is 17.8.